The molecule has 0 aliphatic heterocycles. The molecule has 0 heterocycles. The van der Waals surface area contributed by atoms with Crippen molar-refractivity contribution in [2.24, 2.45) is 5.73 Å². The van der Waals surface area contributed by atoms with Gasteiger partial charge in [0.25, 0.3) is 0 Å². The van der Waals surface area contributed by atoms with Crippen LogP contribution in [-0.4, -0.2) is 42.1 Å². The molecule has 0 fully saturated rings. The van der Waals surface area contributed by atoms with Gasteiger partial charge < -0.3 is 20.9 Å². The van der Waals surface area contributed by atoms with Gasteiger partial charge in [0.2, 0.25) is 5.91 Å². The molecule has 1 amide bonds. The number of nitrogens with one attached hydrogen (secondary N) is 1. The molecule has 0 aliphatic rings. The molecule has 0 aromatic heterocycles. The molecule has 86 valence electrons. The first-order valence-corrected chi connectivity index (χ1v) is 4.34. The fourth-order valence-corrected chi connectivity index (χ4v) is 0.781. The van der Waals surface area contributed by atoms with Crippen LogP contribution in [0.5, 0.6) is 0 Å². The largest absolute Gasteiger partial charge is 0.479 e. The van der Waals surface area contributed by atoms with Gasteiger partial charge >= 0.3 is 11.9 Å². The van der Waals surface area contributed by atoms with Gasteiger partial charge in [0.15, 0.2) is 6.10 Å². The number of nitrogens with two attached hydrogens (primary N) is 1. The number of amides is 1. The Morgan fingerprint density at radius 1 is 1.47 bits per heavy atom. The standard InChI is InChI=1S/C8H14N2O5/c1-5(11)10-4-7(12)15-6(2-3-9)8(13)14/h6H,2-4,9H2,1H3,(H,10,11)(H,13,14). The summed E-state index contributed by atoms with van der Waals surface area (Å²) in [6, 6.07) is 0. The second kappa shape index (κ2) is 6.77. The summed E-state index contributed by atoms with van der Waals surface area (Å²) in [5.74, 6) is -2.44. The second-order valence-electron chi connectivity index (χ2n) is 2.80. The van der Waals surface area contributed by atoms with Crippen LogP contribution in [0, 0.1) is 0 Å². The maximum atomic E-state index is 11.0. The molecule has 1 unspecified atom stereocenters. The summed E-state index contributed by atoms with van der Waals surface area (Å²) in [5.41, 5.74) is 5.14. The third-order valence-corrected chi connectivity index (χ3v) is 1.46. The Morgan fingerprint density at radius 2 is 2.07 bits per heavy atom. The van der Waals surface area contributed by atoms with E-state index in [2.05, 4.69) is 10.1 Å². The number of carbonyl (C=O) groups excluding carboxylic acids is 2. The Morgan fingerprint density at radius 3 is 2.47 bits per heavy atom. The van der Waals surface area contributed by atoms with Gasteiger partial charge in [-0.1, -0.05) is 0 Å². The van der Waals surface area contributed by atoms with E-state index in [0.29, 0.717) is 0 Å². The van der Waals surface area contributed by atoms with Crippen LogP contribution in [0.2, 0.25) is 0 Å². The summed E-state index contributed by atoms with van der Waals surface area (Å²) in [5, 5.41) is 10.8. The molecule has 0 rings (SSSR count). The average Bonchev–Trinajstić information content (AvgIpc) is 2.14. The van der Waals surface area contributed by atoms with Crippen LogP contribution < -0.4 is 11.1 Å². The number of hydrogen-bond donors (Lipinski definition) is 3. The Balaban J connectivity index is 3.99. The molecule has 0 saturated heterocycles. The number of ether oxygens (including phenoxy) is 1. The minimum atomic E-state index is -1.25. The lowest BCUT2D eigenvalue weighted by Gasteiger charge is -2.12. The van der Waals surface area contributed by atoms with Crippen LogP contribution in [0.25, 0.3) is 0 Å². The molecule has 15 heavy (non-hydrogen) atoms. The lowest BCUT2D eigenvalue weighted by Crippen LogP contribution is -2.35. The molecule has 1 atom stereocenters. The van der Waals surface area contributed by atoms with E-state index in [1.165, 1.54) is 6.92 Å². The minimum absolute atomic E-state index is 0.0428. The number of esters is 1. The molecule has 0 aromatic rings. The van der Waals surface area contributed by atoms with Crippen molar-refractivity contribution >= 4 is 17.8 Å². The van der Waals surface area contributed by atoms with E-state index in [0.717, 1.165) is 0 Å². The molecular weight excluding hydrogens is 204 g/mol. The second-order valence-corrected chi connectivity index (χ2v) is 2.80. The van der Waals surface area contributed by atoms with Gasteiger partial charge in [0.1, 0.15) is 6.54 Å². The van der Waals surface area contributed by atoms with Crippen LogP contribution in [-0.2, 0) is 19.1 Å². The topological polar surface area (TPSA) is 119 Å². The summed E-state index contributed by atoms with van der Waals surface area (Å²) >= 11 is 0. The van der Waals surface area contributed by atoms with Crippen molar-refractivity contribution in [1.29, 1.82) is 0 Å². The van der Waals surface area contributed by atoms with E-state index >= 15 is 0 Å². The van der Waals surface area contributed by atoms with Gasteiger partial charge in [-0.05, 0) is 6.54 Å². The van der Waals surface area contributed by atoms with Crippen LogP contribution in [0.3, 0.4) is 0 Å². The van der Waals surface area contributed by atoms with Crippen LogP contribution in [0.1, 0.15) is 13.3 Å². The number of carbonyl (C=O) groups is 3. The van der Waals surface area contributed by atoms with E-state index in [1.807, 2.05) is 0 Å². The normalized spacial score (nSPS) is 11.6. The van der Waals surface area contributed by atoms with Crippen molar-refractivity contribution in [3.05, 3.63) is 0 Å². The fraction of sp³-hybridized carbons (Fsp3) is 0.625. The number of carboxylic acid groups (broad SMARTS) is 1. The Labute approximate surface area is 86.6 Å². The summed E-state index contributed by atoms with van der Waals surface area (Å²) in [6.45, 7) is 0.996. The monoisotopic (exact) mass is 218 g/mol. The molecule has 0 spiro atoms. The van der Waals surface area contributed by atoms with E-state index < -0.39 is 23.9 Å². The fourth-order valence-electron chi connectivity index (χ4n) is 0.781. The van der Waals surface area contributed by atoms with Gasteiger partial charge in [0.05, 0.1) is 0 Å². The average molecular weight is 218 g/mol. The zero-order valence-corrected chi connectivity index (χ0v) is 8.36. The predicted molar refractivity (Wildman–Crippen MR) is 49.9 cm³/mol. The van der Waals surface area contributed by atoms with Gasteiger partial charge in [0, 0.05) is 13.3 Å². The number of hydrogen-bond acceptors (Lipinski definition) is 5. The predicted octanol–water partition coefficient (Wildman–Crippen LogP) is -1.53. The molecule has 0 aliphatic carbocycles. The van der Waals surface area contributed by atoms with E-state index in [9.17, 15) is 14.4 Å². The number of rotatable bonds is 6. The zero-order chi connectivity index (χ0) is 11.8. The lowest BCUT2D eigenvalue weighted by atomic mass is 10.2. The van der Waals surface area contributed by atoms with Crippen molar-refractivity contribution in [2.75, 3.05) is 13.1 Å². The van der Waals surface area contributed by atoms with E-state index in [-0.39, 0.29) is 19.5 Å². The molecule has 0 saturated carbocycles. The highest BCUT2D eigenvalue weighted by molar-refractivity contribution is 5.82. The molecule has 7 heteroatoms. The smallest absolute Gasteiger partial charge is 0.345 e. The maximum Gasteiger partial charge on any atom is 0.345 e. The van der Waals surface area contributed by atoms with Crippen LogP contribution in [0.4, 0.5) is 0 Å². The molecule has 4 N–H and O–H groups in total. The highest BCUT2D eigenvalue weighted by Gasteiger charge is 2.20. The minimum Gasteiger partial charge on any atom is -0.479 e. The van der Waals surface area contributed by atoms with Gasteiger partial charge in [-0.3, -0.25) is 9.59 Å². The summed E-state index contributed by atoms with van der Waals surface area (Å²) in [6.07, 6.45) is -1.21. The third-order valence-electron chi connectivity index (χ3n) is 1.46. The quantitative estimate of drug-likeness (QED) is 0.465. The zero-order valence-electron chi connectivity index (χ0n) is 8.36. The summed E-state index contributed by atoms with van der Waals surface area (Å²) in [4.78, 5) is 32.0. The highest BCUT2D eigenvalue weighted by atomic mass is 16.6. The first kappa shape index (κ1) is 13.4. The SMILES string of the molecule is CC(=O)NCC(=O)OC(CCN)C(=O)O. The van der Waals surface area contributed by atoms with Crippen molar-refractivity contribution < 1.29 is 24.2 Å². The highest BCUT2D eigenvalue weighted by Crippen LogP contribution is 1.97. The molecule has 7 nitrogen and oxygen atoms in total. The Bertz CT molecular complexity index is 253. The van der Waals surface area contributed by atoms with Gasteiger partial charge in [-0.15, -0.1) is 0 Å². The third kappa shape index (κ3) is 6.44. The van der Waals surface area contributed by atoms with Crippen LogP contribution in [0.15, 0.2) is 0 Å². The van der Waals surface area contributed by atoms with Gasteiger partial charge in [-0.25, -0.2) is 4.79 Å². The first-order chi connectivity index (χ1) is 6.97. The number of aliphatic carboxylic acids is 1. The van der Waals surface area contributed by atoms with Crippen LogP contribution >= 0.6 is 0 Å². The van der Waals surface area contributed by atoms with E-state index in [4.69, 9.17) is 10.8 Å². The van der Waals surface area contributed by atoms with Crippen molar-refractivity contribution in [2.45, 2.75) is 19.4 Å². The molecule has 0 aromatic carbocycles. The van der Waals surface area contributed by atoms with Crippen molar-refractivity contribution in [3.8, 4) is 0 Å². The first-order valence-electron chi connectivity index (χ1n) is 4.34. The Kier molecular flexibility index (Phi) is 6.03. The van der Waals surface area contributed by atoms with E-state index in [1.54, 1.807) is 0 Å². The van der Waals surface area contributed by atoms with Gasteiger partial charge in [-0.2, -0.15) is 0 Å². The molecule has 0 radical (unpaired) electrons. The summed E-state index contributed by atoms with van der Waals surface area (Å²) < 4.78 is 4.57. The summed E-state index contributed by atoms with van der Waals surface area (Å²) in [7, 11) is 0. The lowest BCUT2D eigenvalue weighted by molar-refractivity contribution is -0.163. The maximum absolute atomic E-state index is 11.0. The van der Waals surface area contributed by atoms with Crippen molar-refractivity contribution in [1.82, 2.24) is 5.32 Å². The molecule has 0 bridgehead atoms. The Hall–Kier alpha value is -1.63. The van der Waals surface area contributed by atoms with Crippen molar-refractivity contribution in [3.63, 3.8) is 0 Å². The molecular formula is C8H14N2O5. The number of carboxylic acids is 1.